The van der Waals surface area contributed by atoms with Crippen LogP contribution in [-0.4, -0.2) is 29.6 Å². The molecule has 0 heterocycles. The van der Waals surface area contributed by atoms with Crippen molar-refractivity contribution in [2.24, 2.45) is 5.73 Å². The van der Waals surface area contributed by atoms with Gasteiger partial charge in [-0.15, -0.1) is 0 Å². The molecule has 0 spiro atoms. The minimum absolute atomic E-state index is 0.00647. The number of hydrogen-bond acceptors (Lipinski definition) is 4. The monoisotopic (exact) mass is 280 g/mol. The summed E-state index contributed by atoms with van der Waals surface area (Å²) >= 11 is 0. The summed E-state index contributed by atoms with van der Waals surface area (Å²) in [6.07, 6.45) is 0.784. The summed E-state index contributed by atoms with van der Waals surface area (Å²) in [4.78, 5) is 21.2. The fourth-order valence-electron chi connectivity index (χ4n) is 1.65. The van der Waals surface area contributed by atoms with Crippen LogP contribution in [0.4, 0.5) is 5.69 Å². The molecule has 1 aromatic carbocycles. The lowest BCUT2D eigenvalue weighted by atomic mass is 10.1. The number of amides is 1. The molecular weight excluding hydrogens is 260 g/mol. The Morgan fingerprint density at radius 1 is 1.35 bits per heavy atom. The number of nitrogens with two attached hydrogens (primary N) is 1. The van der Waals surface area contributed by atoms with Gasteiger partial charge in [0.1, 0.15) is 5.75 Å². The molecule has 6 nitrogen and oxygen atoms in total. The van der Waals surface area contributed by atoms with Crippen LogP contribution in [0, 0.1) is 0 Å². The summed E-state index contributed by atoms with van der Waals surface area (Å²) in [6, 6.07) is 7.32. The maximum absolute atomic E-state index is 10.7. The Morgan fingerprint density at radius 2 is 2.05 bits per heavy atom. The molecule has 110 valence electrons. The van der Waals surface area contributed by atoms with E-state index >= 15 is 0 Å². The third-order valence-electron chi connectivity index (χ3n) is 2.69. The van der Waals surface area contributed by atoms with Crippen molar-refractivity contribution in [1.82, 2.24) is 0 Å². The molecule has 20 heavy (non-hydrogen) atoms. The SMILES string of the molecule is CC(CCC(=O)O)Nc1ccccc1OCCC(N)=O. The van der Waals surface area contributed by atoms with E-state index in [0.29, 0.717) is 12.2 Å². The summed E-state index contributed by atoms with van der Waals surface area (Å²) in [6.45, 7) is 2.13. The predicted molar refractivity (Wildman–Crippen MR) is 75.7 cm³/mol. The van der Waals surface area contributed by atoms with Gasteiger partial charge in [-0.25, -0.2) is 0 Å². The van der Waals surface area contributed by atoms with E-state index in [1.54, 1.807) is 6.07 Å². The minimum atomic E-state index is -0.815. The van der Waals surface area contributed by atoms with E-state index in [1.165, 1.54) is 0 Å². The Kier molecular flexibility index (Phi) is 6.36. The first kappa shape index (κ1) is 15.8. The van der Waals surface area contributed by atoms with Crippen LogP contribution in [-0.2, 0) is 9.59 Å². The van der Waals surface area contributed by atoms with Crippen molar-refractivity contribution in [3.63, 3.8) is 0 Å². The van der Waals surface area contributed by atoms with Crippen LogP contribution in [0.3, 0.4) is 0 Å². The number of benzene rings is 1. The van der Waals surface area contributed by atoms with Gasteiger partial charge in [-0.05, 0) is 25.5 Å². The Labute approximate surface area is 117 Å². The highest BCUT2D eigenvalue weighted by molar-refractivity contribution is 5.73. The van der Waals surface area contributed by atoms with Crippen molar-refractivity contribution in [1.29, 1.82) is 0 Å². The third-order valence-corrected chi connectivity index (χ3v) is 2.69. The highest BCUT2D eigenvalue weighted by atomic mass is 16.5. The van der Waals surface area contributed by atoms with Crippen LogP contribution in [0.25, 0.3) is 0 Å². The van der Waals surface area contributed by atoms with E-state index in [0.717, 1.165) is 5.69 Å². The van der Waals surface area contributed by atoms with Gasteiger partial charge in [0.15, 0.2) is 0 Å². The minimum Gasteiger partial charge on any atom is -0.491 e. The van der Waals surface area contributed by atoms with E-state index in [1.807, 2.05) is 25.1 Å². The normalized spacial score (nSPS) is 11.7. The highest BCUT2D eigenvalue weighted by Crippen LogP contribution is 2.25. The molecule has 0 saturated heterocycles. The molecule has 0 bridgehead atoms. The molecule has 1 aromatic rings. The average molecular weight is 280 g/mol. The molecule has 0 aliphatic carbocycles. The second-order valence-electron chi connectivity index (χ2n) is 4.54. The van der Waals surface area contributed by atoms with E-state index < -0.39 is 11.9 Å². The van der Waals surface area contributed by atoms with Crippen molar-refractivity contribution in [2.45, 2.75) is 32.2 Å². The van der Waals surface area contributed by atoms with Crippen LogP contribution in [0.5, 0.6) is 5.75 Å². The largest absolute Gasteiger partial charge is 0.491 e. The zero-order chi connectivity index (χ0) is 15.0. The first-order valence-electron chi connectivity index (χ1n) is 6.47. The lowest BCUT2D eigenvalue weighted by Crippen LogP contribution is -2.18. The molecule has 1 rings (SSSR count). The number of hydrogen-bond donors (Lipinski definition) is 3. The predicted octanol–water partition coefficient (Wildman–Crippen LogP) is 1.61. The first-order valence-corrected chi connectivity index (χ1v) is 6.47. The van der Waals surface area contributed by atoms with E-state index in [4.69, 9.17) is 15.6 Å². The summed E-state index contributed by atoms with van der Waals surface area (Å²) in [5.74, 6) is -0.606. The fraction of sp³-hybridized carbons (Fsp3) is 0.429. The topological polar surface area (TPSA) is 102 Å². The Balaban J connectivity index is 2.55. The number of carbonyl (C=O) groups is 2. The molecule has 0 radical (unpaired) electrons. The van der Waals surface area contributed by atoms with E-state index in [9.17, 15) is 9.59 Å². The van der Waals surface area contributed by atoms with E-state index in [2.05, 4.69) is 5.32 Å². The molecule has 0 fully saturated rings. The summed E-state index contributed by atoms with van der Waals surface area (Å²) in [5.41, 5.74) is 5.83. The van der Waals surface area contributed by atoms with Crippen molar-refractivity contribution < 1.29 is 19.4 Å². The van der Waals surface area contributed by atoms with Gasteiger partial charge >= 0.3 is 5.97 Å². The van der Waals surface area contributed by atoms with Gasteiger partial charge in [-0.3, -0.25) is 9.59 Å². The summed E-state index contributed by atoms with van der Waals surface area (Å²) < 4.78 is 5.49. The van der Waals surface area contributed by atoms with Gasteiger partial charge in [0.2, 0.25) is 5.91 Å². The van der Waals surface area contributed by atoms with Gasteiger partial charge in [0.05, 0.1) is 18.7 Å². The van der Waals surface area contributed by atoms with Crippen molar-refractivity contribution >= 4 is 17.6 Å². The highest BCUT2D eigenvalue weighted by Gasteiger charge is 2.09. The Hall–Kier alpha value is -2.24. The molecule has 6 heteroatoms. The fourth-order valence-corrected chi connectivity index (χ4v) is 1.65. The third kappa shape index (κ3) is 6.08. The van der Waals surface area contributed by atoms with Gasteiger partial charge in [0.25, 0.3) is 0 Å². The average Bonchev–Trinajstić information content (AvgIpc) is 2.38. The van der Waals surface area contributed by atoms with Crippen LogP contribution in [0.2, 0.25) is 0 Å². The molecule has 0 aliphatic heterocycles. The second-order valence-corrected chi connectivity index (χ2v) is 4.54. The molecule has 0 aromatic heterocycles. The van der Waals surface area contributed by atoms with Crippen LogP contribution < -0.4 is 15.8 Å². The van der Waals surface area contributed by atoms with Gasteiger partial charge in [-0.1, -0.05) is 12.1 Å². The summed E-state index contributed by atoms with van der Waals surface area (Å²) in [7, 11) is 0. The van der Waals surface area contributed by atoms with Crippen molar-refractivity contribution in [3.8, 4) is 5.75 Å². The molecule has 1 unspecified atom stereocenters. The number of ether oxygens (including phenoxy) is 1. The van der Waals surface area contributed by atoms with Crippen LogP contribution >= 0.6 is 0 Å². The van der Waals surface area contributed by atoms with Crippen LogP contribution in [0.15, 0.2) is 24.3 Å². The number of carbonyl (C=O) groups excluding carboxylic acids is 1. The zero-order valence-electron chi connectivity index (χ0n) is 11.5. The maximum atomic E-state index is 10.7. The van der Waals surface area contributed by atoms with Crippen molar-refractivity contribution in [3.05, 3.63) is 24.3 Å². The van der Waals surface area contributed by atoms with Crippen LogP contribution in [0.1, 0.15) is 26.2 Å². The quantitative estimate of drug-likeness (QED) is 0.637. The summed E-state index contributed by atoms with van der Waals surface area (Å²) in [5, 5.41) is 11.9. The number of nitrogens with one attached hydrogen (secondary N) is 1. The molecule has 1 atom stereocenters. The van der Waals surface area contributed by atoms with E-state index in [-0.39, 0.29) is 25.5 Å². The number of para-hydroxylation sites is 2. The lowest BCUT2D eigenvalue weighted by Gasteiger charge is -2.17. The number of aliphatic carboxylic acids is 1. The van der Waals surface area contributed by atoms with Crippen molar-refractivity contribution in [2.75, 3.05) is 11.9 Å². The number of carboxylic acids is 1. The molecule has 0 aliphatic rings. The number of anilines is 1. The standard InChI is InChI=1S/C14H20N2O4/c1-10(6-7-14(18)19)16-11-4-2-3-5-12(11)20-9-8-13(15)17/h2-5,10,16H,6-9H2,1H3,(H2,15,17)(H,18,19). The number of rotatable bonds is 9. The molecule has 1 amide bonds. The molecule has 4 N–H and O–H groups in total. The Bertz CT molecular complexity index is 462. The van der Waals surface area contributed by atoms with Gasteiger partial charge in [0, 0.05) is 12.5 Å². The molecular formula is C14H20N2O4. The van der Waals surface area contributed by atoms with Gasteiger partial charge < -0.3 is 20.9 Å². The second kappa shape index (κ2) is 8.04. The smallest absolute Gasteiger partial charge is 0.303 e. The molecule has 0 saturated carbocycles. The number of primary amides is 1. The zero-order valence-corrected chi connectivity index (χ0v) is 11.5. The maximum Gasteiger partial charge on any atom is 0.303 e. The Morgan fingerprint density at radius 3 is 2.70 bits per heavy atom. The van der Waals surface area contributed by atoms with Gasteiger partial charge in [-0.2, -0.15) is 0 Å². The number of carboxylic acid groups (broad SMARTS) is 1. The lowest BCUT2D eigenvalue weighted by molar-refractivity contribution is -0.137. The first-order chi connectivity index (χ1) is 9.49.